The van der Waals surface area contributed by atoms with E-state index in [0.29, 0.717) is 66.8 Å². The smallest absolute Gasteiger partial charge is 0.387 e. The van der Waals surface area contributed by atoms with Crippen molar-refractivity contribution < 1.29 is 27.3 Å². The summed E-state index contributed by atoms with van der Waals surface area (Å²) in [5, 5.41) is 26.4. The average Bonchev–Trinajstić information content (AvgIpc) is 3.07. The zero-order chi connectivity index (χ0) is 34.2. The molecule has 3 fully saturated rings. The van der Waals surface area contributed by atoms with Crippen LogP contribution in [0.4, 0.5) is 26.1 Å². The first-order valence-corrected chi connectivity index (χ1v) is 17.3. The summed E-state index contributed by atoms with van der Waals surface area (Å²) in [5.74, 6) is -0.0143. The molecule has 2 atom stereocenters. The number of carbonyl (C=O) groups is 2. The summed E-state index contributed by atoms with van der Waals surface area (Å²) in [6.07, 6.45) is 5.14. The molecule has 258 valence electrons. The lowest BCUT2D eigenvalue weighted by molar-refractivity contribution is -0.133. The highest BCUT2D eigenvalue weighted by molar-refractivity contribution is 7.82. The molecule has 0 saturated carbocycles. The number of aromatic nitrogens is 2. The van der Waals surface area contributed by atoms with Crippen LogP contribution >= 0.6 is 11.6 Å². The largest absolute Gasteiger partial charge is 0.432 e. The van der Waals surface area contributed by atoms with Gasteiger partial charge in [0, 0.05) is 68.7 Å². The lowest BCUT2D eigenvalue weighted by atomic mass is 10.0. The van der Waals surface area contributed by atoms with Gasteiger partial charge in [0.25, 0.3) is 0 Å². The number of piperazine rings is 1. The Morgan fingerprint density at radius 1 is 1.12 bits per heavy atom. The molecule has 4 heterocycles. The molecular weight excluding hydrogens is 670 g/mol. The molecule has 48 heavy (non-hydrogen) atoms. The number of alkyl halides is 2. The van der Waals surface area contributed by atoms with Crippen LogP contribution in [0.15, 0.2) is 24.5 Å². The van der Waals surface area contributed by atoms with Crippen LogP contribution in [0.5, 0.6) is 5.75 Å². The number of hydrogen-bond donors (Lipinski definition) is 4. The van der Waals surface area contributed by atoms with E-state index in [-0.39, 0.29) is 29.3 Å². The number of nitrogens with one attached hydrogen (secondary N) is 4. The fourth-order valence-electron chi connectivity index (χ4n) is 5.95. The van der Waals surface area contributed by atoms with Gasteiger partial charge in [-0.15, -0.1) is 0 Å². The first-order valence-electron chi connectivity index (χ1n) is 15.7. The SMILES string of the molecule is N#Cc1cc(NC2CCC(=O)NC2=O)c(C(=N)Cl)cc1N1CCN(CCCS(=O)N2CCC(Nc3ncc(OC(F)F)cn3)CC2)CC1. The fraction of sp³-hybridized carbons (Fsp3) is 0.533. The number of halogens is 3. The van der Waals surface area contributed by atoms with E-state index in [0.717, 1.165) is 38.9 Å². The highest BCUT2D eigenvalue weighted by Gasteiger charge is 2.29. The number of benzene rings is 1. The van der Waals surface area contributed by atoms with Gasteiger partial charge >= 0.3 is 6.61 Å². The summed E-state index contributed by atoms with van der Waals surface area (Å²) in [6, 6.07) is 4.94. The first-order chi connectivity index (χ1) is 23.1. The quantitative estimate of drug-likeness (QED) is 0.178. The van der Waals surface area contributed by atoms with E-state index in [1.165, 1.54) is 12.4 Å². The third-order valence-corrected chi connectivity index (χ3v) is 10.3. The summed E-state index contributed by atoms with van der Waals surface area (Å²) < 4.78 is 43.9. The number of carbonyl (C=O) groups excluding carboxylic acids is 2. The van der Waals surface area contributed by atoms with Gasteiger partial charge in [0.1, 0.15) is 17.3 Å². The molecule has 4 N–H and O–H groups in total. The Bertz CT molecular complexity index is 1550. The number of amides is 2. The first kappa shape index (κ1) is 35.3. The second kappa shape index (κ2) is 16.4. The molecular formula is C30H37ClF2N10O4S. The zero-order valence-corrected chi connectivity index (χ0v) is 27.7. The van der Waals surface area contributed by atoms with E-state index in [1.807, 2.05) is 4.31 Å². The highest BCUT2D eigenvalue weighted by Crippen LogP contribution is 2.31. The topological polar surface area (TPSA) is 180 Å². The maximum Gasteiger partial charge on any atom is 0.387 e. The Morgan fingerprint density at radius 2 is 1.83 bits per heavy atom. The van der Waals surface area contributed by atoms with Crippen molar-refractivity contribution in [2.24, 2.45) is 0 Å². The van der Waals surface area contributed by atoms with Crippen LogP contribution in [-0.4, -0.2) is 111 Å². The van der Waals surface area contributed by atoms with Gasteiger partial charge in [-0.3, -0.25) is 25.2 Å². The lowest BCUT2D eigenvalue weighted by Gasteiger charge is -2.37. The third kappa shape index (κ3) is 9.34. The van der Waals surface area contributed by atoms with Crippen molar-refractivity contribution >= 4 is 56.9 Å². The Labute approximate surface area is 284 Å². The zero-order valence-electron chi connectivity index (χ0n) is 26.1. The van der Waals surface area contributed by atoms with Crippen molar-refractivity contribution in [1.82, 2.24) is 24.5 Å². The van der Waals surface area contributed by atoms with Crippen molar-refractivity contribution in [3.05, 3.63) is 35.7 Å². The maximum atomic E-state index is 13.0. The number of piperidine rings is 2. The predicted octanol–water partition coefficient (Wildman–Crippen LogP) is 2.48. The Morgan fingerprint density at radius 3 is 2.46 bits per heavy atom. The number of nitriles is 1. The molecule has 2 aromatic rings. The average molecular weight is 707 g/mol. The van der Waals surface area contributed by atoms with Crippen molar-refractivity contribution in [2.75, 3.05) is 67.1 Å². The Hall–Kier alpha value is -3.98. The molecule has 1 aromatic heterocycles. The summed E-state index contributed by atoms with van der Waals surface area (Å²) in [4.78, 5) is 36.2. The van der Waals surface area contributed by atoms with E-state index in [9.17, 15) is 27.8 Å². The van der Waals surface area contributed by atoms with Gasteiger partial charge in [-0.1, -0.05) is 11.6 Å². The van der Waals surface area contributed by atoms with Crippen molar-refractivity contribution in [3.63, 3.8) is 0 Å². The summed E-state index contributed by atoms with van der Waals surface area (Å²) in [6.45, 7) is 1.96. The lowest BCUT2D eigenvalue weighted by Crippen LogP contribution is -2.48. The molecule has 18 heteroatoms. The molecule has 1 aromatic carbocycles. The Balaban J connectivity index is 1.05. The normalized spacial score (nSPS) is 20.2. The van der Waals surface area contributed by atoms with Gasteiger partial charge in [0.15, 0.2) is 5.75 Å². The number of ether oxygens (including phenoxy) is 1. The van der Waals surface area contributed by atoms with Gasteiger partial charge in [-0.05, 0) is 44.4 Å². The van der Waals surface area contributed by atoms with Crippen molar-refractivity contribution in [2.45, 2.75) is 50.8 Å². The molecule has 14 nitrogen and oxygen atoms in total. The van der Waals surface area contributed by atoms with E-state index in [4.69, 9.17) is 17.0 Å². The van der Waals surface area contributed by atoms with E-state index in [1.54, 1.807) is 12.1 Å². The van der Waals surface area contributed by atoms with Crippen LogP contribution in [0.3, 0.4) is 0 Å². The van der Waals surface area contributed by atoms with Crippen LogP contribution in [0.1, 0.15) is 43.2 Å². The standard InChI is InChI=1S/C30H37ClF2N10O4S/c31-27(35)22-15-25(19(16-34)14-24(22)39-23-2-3-26(44)40-28(23)45)42-11-9-41(10-12-42)6-1-13-48(46)43-7-4-20(5-8-43)38-30-36-17-21(18-37-30)47-29(32)33/h14-15,17-18,20,23,29,35,39H,1-13H2,(H,36,37,38)(H,40,44,45). The monoisotopic (exact) mass is 706 g/mol. The number of anilines is 3. The van der Waals surface area contributed by atoms with Crippen LogP contribution in [-0.2, 0) is 20.6 Å². The molecule has 3 aliphatic heterocycles. The molecule has 3 saturated heterocycles. The van der Waals surface area contributed by atoms with E-state index >= 15 is 0 Å². The van der Waals surface area contributed by atoms with Crippen molar-refractivity contribution in [1.29, 1.82) is 10.7 Å². The van der Waals surface area contributed by atoms with E-state index in [2.05, 4.69) is 46.5 Å². The number of rotatable bonds is 13. The molecule has 2 amide bonds. The summed E-state index contributed by atoms with van der Waals surface area (Å²) >= 11 is 6.13. The second-order valence-corrected chi connectivity index (χ2v) is 13.6. The Kier molecular flexibility index (Phi) is 12.1. The minimum Gasteiger partial charge on any atom is -0.432 e. The molecule has 0 bridgehead atoms. The number of hydrogen-bond acceptors (Lipinski definition) is 12. The molecule has 5 rings (SSSR count). The van der Waals surface area contributed by atoms with Crippen LogP contribution < -0.4 is 25.6 Å². The van der Waals surface area contributed by atoms with Gasteiger partial charge in [-0.2, -0.15) is 14.0 Å². The van der Waals surface area contributed by atoms with Crippen LogP contribution in [0.25, 0.3) is 0 Å². The third-order valence-electron chi connectivity index (χ3n) is 8.50. The number of nitrogens with zero attached hydrogens (tertiary/aromatic N) is 6. The molecule has 3 aliphatic rings. The van der Waals surface area contributed by atoms with E-state index < -0.39 is 29.5 Å². The minimum atomic E-state index is -2.93. The van der Waals surface area contributed by atoms with Gasteiger partial charge in [0.05, 0.1) is 34.6 Å². The van der Waals surface area contributed by atoms with Crippen molar-refractivity contribution in [3.8, 4) is 11.8 Å². The second-order valence-electron chi connectivity index (χ2n) is 11.7. The molecule has 0 spiro atoms. The van der Waals surface area contributed by atoms with Crippen LogP contribution in [0, 0.1) is 16.7 Å². The van der Waals surface area contributed by atoms with Gasteiger partial charge in [0.2, 0.25) is 17.8 Å². The van der Waals surface area contributed by atoms with Gasteiger partial charge in [-0.25, -0.2) is 18.5 Å². The summed E-state index contributed by atoms with van der Waals surface area (Å²) in [7, 11) is -1.11. The molecule has 0 aliphatic carbocycles. The fourth-order valence-corrected chi connectivity index (χ4v) is 7.36. The minimum absolute atomic E-state index is 0.0851. The predicted molar refractivity (Wildman–Crippen MR) is 177 cm³/mol. The maximum absolute atomic E-state index is 13.0. The van der Waals surface area contributed by atoms with Gasteiger partial charge < -0.3 is 20.3 Å². The molecule has 0 radical (unpaired) electrons. The highest BCUT2D eigenvalue weighted by atomic mass is 35.5. The van der Waals surface area contributed by atoms with Crippen LogP contribution in [0.2, 0.25) is 0 Å². The molecule has 2 unspecified atom stereocenters. The summed E-state index contributed by atoms with van der Waals surface area (Å²) in [5.41, 5.74) is 1.81. The number of imide groups is 1.